The highest BCUT2D eigenvalue weighted by molar-refractivity contribution is 5.69. The molecule has 19 heavy (non-hydrogen) atoms. The van der Waals surface area contributed by atoms with E-state index in [1.165, 1.54) is 6.33 Å². The fraction of sp³-hybridized carbons (Fsp3) is 0.385. The van der Waals surface area contributed by atoms with E-state index in [1.807, 2.05) is 12.1 Å². The van der Waals surface area contributed by atoms with Gasteiger partial charge in [0.2, 0.25) is 0 Å². The van der Waals surface area contributed by atoms with E-state index < -0.39 is 0 Å². The van der Waals surface area contributed by atoms with Crippen LogP contribution in [0.4, 0.5) is 5.69 Å². The Hall–Kier alpha value is -2.08. The Morgan fingerprint density at radius 3 is 2.84 bits per heavy atom. The molecular weight excluding hydrogens is 244 g/mol. The van der Waals surface area contributed by atoms with Crippen molar-refractivity contribution < 1.29 is 9.47 Å². The molecule has 1 aliphatic rings. The fourth-order valence-corrected chi connectivity index (χ4v) is 2.23. The van der Waals surface area contributed by atoms with E-state index in [1.54, 1.807) is 7.11 Å². The molecule has 6 nitrogen and oxygen atoms in total. The highest BCUT2D eigenvalue weighted by Gasteiger charge is 2.16. The summed E-state index contributed by atoms with van der Waals surface area (Å²) in [6, 6.07) is 6.01. The maximum Gasteiger partial charge on any atom is 0.155 e. The van der Waals surface area contributed by atoms with E-state index in [2.05, 4.69) is 26.1 Å². The largest absolute Gasteiger partial charge is 0.495 e. The monoisotopic (exact) mass is 260 g/mol. The lowest BCUT2D eigenvalue weighted by atomic mass is 10.1. The lowest BCUT2D eigenvalue weighted by molar-refractivity contribution is 0.122. The average molecular weight is 260 g/mol. The summed E-state index contributed by atoms with van der Waals surface area (Å²) in [6.45, 7) is 3.23. The molecule has 1 aromatic carbocycles. The standard InChI is InChI=1S/C13H16N4O2/c1-18-12-3-2-10(13-14-9-15-16-13)8-11(12)17-4-6-19-7-5-17/h2-3,8-9H,4-7H2,1H3,(H,14,15,16). The molecule has 0 aliphatic carbocycles. The molecule has 0 atom stereocenters. The molecule has 1 aromatic heterocycles. The van der Waals surface area contributed by atoms with Crippen molar-refractivity contribution in [2.24, 2.45) is 0 Å². The summed E-state index contributed by atoms with van der Waals surface area (Å²) in [5, 5.41) is 6.76. The van der Waals surface area contributed by atoms with E-state index in [-0.39, 0.29) is 0 Å². The van der Waals surface area contributed by atoms with Crippen LogP contribution in [0.3, 0.4) is 0 Å². The van der Waals surface area contributed by atoms with Gasteiger partial charge in [-0.1, -0.05) is 0 Å². The summed E-state index contributed by atoms with van der Waals surface area (Å²) in [7, 11) is 1.69. The summed E-state index contributed by atoms with van der Waals surface area (Å²) >= 11 is 0. The minimum atomic E-state index is 0.746. The molecule has 0 radical (unpaired) electrons. The molecule has 100 valence electrons. The third-order valence-electron chi connectivity index (χ3n) is 3.22. The molecule has 2 aromatic rings. The van der Waals surface area contributed by atoms with Gasteiger partial charge >= 0.3 is 0 Å². The minimum Gasteiger partial charge on any atom is -0.495 e. The number of anilines is 1. The van der Waals surface area contributed by atoms with Crippen LogP contribution in [-0.4, -0.2) is 48.6 Å². The number of aromatic amines is 1. The van der Waals surface area contributed by atoms with Crippen LogP contribution in [0.15, 0.2) is 24.5 Å². The SMILES string of the molecule is COc1ccc(-c2ncn[nH]2)cc1N1CCOCC1. The summed E-state index contributed by atoms with van der Waals surface area (Å²) in [6.07, 6.45) is 1.51. The van der Waals surface area contributed by atoms with Gasteiger partial charge in [-0.15, -0.1) is 0 Å². The third-order valence-corrected chi connectivity index (χ3v) is 3.22. The zero-order chi connectivity index (χ0) is 13.1. The number of nitrogens with zero attached hydrogens (tertiary/aromatic N) is 3. The number of H-pyrrole nitrogens is 1. The molecule has 0 spiro atoms. The van der Waals surface area contributed by atoms with Crippen molar-refractivity contribution in [1.82, 2.24) is 15.2 Å². The molecule has 1 fully saturated rings. The Labute approximate surface area is 111 Å². The lowest BCUT2D eigenvalue weighted by Crippen LogP contribution is -2.36. The smallest absolute Gasteiger partial charge is 0.155 e. The first-order chi connectivity index (χ1) is 9.38. The number of ether oxygens (including phenoxy) is 2. The topological polar surface area (TPSA) is 63.3 Å². The van der Waals surface area contributed by atoms with E-state index in [9.17, 15) is 0 Å². The van der Waals surface area contributed by atoms with Gasteiger partial charge in [0.1, 0.15) is 12.1 Å². The van der Waals surface area contributed by atoms with Crippen molar-refractivity contribution in [3.63, 3.8) is 0 Å². The normalized spacial score (nSPS) is 15.5. The molecule has 1 N–H and O–H groups in total. The van der Waals surface area contributed by atoms with Crippen molar-refractivity contribution in [2.75, 3.05) is 38.3 Å². The number of rotatable bonds is 3. The number of methoxy groups -OCH3 is 1. The Morgan fingerprint density at radius 2 is 2.16 bits per heavy atom. The van der Waals surface area contributed by atoms with Gasteiger partial charge in [-0.2, -0.15) is 5.10 Å². The maximum absolute atomic E-state index is 5.44. The Bertz CT molecular complexity index is 536. The number of nitrogens with one attached hydrogen (secondary N) is 1. The Balaban J connectivity index is 1.97. The molecule has 1 saturated heterocycles. The fourth-order valence-electron chi connectivity index (χ4n) is 2.23. The second kappa shape index (κ2) is 5.27. The van der Waals surface area contributed by atoms with Crippen molar-refractivity contribution >= 4 is 5.69 Å². The zero-order valence-electron chi connectivity index (χ0n) is 10.8. The molecular formula is C13H16N4O2. The molecule has 6 heteroatoms. The van der Waals surface area contributed by atoms with Gasteiger partial charge in [-0.3, -0.25) is 5.10 Å². The van der Waals surface area contributed by atoms with Crippen LogP contribution >= 0.6 is 0 Å². The first kappa shape index (κ1) is 12.0. The second-order valence-electron chi connectivity index (χ2n) is 4.32. The molecule has 3 rings (SSSR count). The molecule has 0 amide bonds. The maximum atomic E-state index is 5.44. The van der Waals surface area contributed by atoms with Gasteiger partial charge in [0.25, 0.3) is 0 Å². The van der Waals surface area contributed by atoms with Gasteiger partial charge in [-0.05, 0) is 18.2 Å². The van der Waals surface area contributed by atoms with Crippen LogP contribution in [0.5, 0.6) is 5.75 Å². The highest BCUT2D eigenvalue weighted by atomic mass is 16.5. The van der Waals surface area contributed by atoms with Crippen LogP contribution in [0.25, 0.3) is 11.4 Å². The second-order valence-corrected chi connectivity index (χ2v) is 4.32. The number of morpholine rings is 1. The first-order valence-corrected chi connectivity index (χ1v) is 6.25. The van der Waals surface area contributed by atoms with Gasteiger partial charge < -0.3 is 14.4 Å². The van der Waals surface area contributed by atoms with Gasteiger partial charge in [0, 0.05) is 18.7 Å². The number of aromatic nitrogens is 3. The van der Waals surface area contributed by atoms with Crippen molar-refractivity contribution in [1.29, 1.82) is 0 Å². The summed E-state index contributed by atoms with van der Waals surface area (Å²) in [5.74, 6) is 1.63. The summed E-state index contributed by atoms with van der Waals surface area (Å²) in [4.78, 5) is 6.44. The van der Waals surface area contributed by atoms with E-state index in [0.717, 1.165) is 49.1 Å². The number of benzene rings is 1. The van der Waals surface area contributed by atoms with Crippen molar-refractivity contribution in [2.45, 2.75) is 0 Å². The first-order valence-electron chi connectivity index (χ1n) is 6.25. The number of hydrogen-bond acceptors (Lipinski definition) is 5. The van der Waals surface area contributed by atoms with Gasteiger partial charge in [0.15, 0.2) is 5.82 Å². The summed E-state index contributed by atoms with van der Waals surface area (Å²) in [5.41, 5.74) is 2.07. The van der Waals surface area contributed by atoms with E-state index in [0.29, 0.717) is 0 Å². The zero-order valence-corrected chi connectivity index (χ0v) is 10.8. The minimum absolute atomic E-state index is 0.746. The van der Waals surface area contributed by atoms with Crippen molar-refractivity contribution in [3.8, 4) is 17.1 Å². The van der Waals surface area contributed by atoms with Crippen LogP contribution in [0.2, 0.25) is 0 Å². The van der Waals surface area contributed by atoms with Crippen molar-refractivity contribution in [3.05, 3.63) is 24.5 Å². The molecule has 2 heterocycles. The molecule has 0 bridgehead atoms. The predicted octanol–water partition coefficient (Wildman–Crippen LogP) is 1.32. The molecule has 1 aliphatic heterocycles. The predicted molar refractivity (Wildman–Crippen MR) is 71.4 cm³/mol. The van der Waals surface area contributed by atoms with Gasteiger partial charge in [0.05, 0.1) is 26.0 Å². The Morgan fingerprint density at radius 1 is 1.32 bits per heavy atom. The van der Waals surface area contributed by atoms with Crippen LogP contribution in [-0.2, 0) is 4.74 Å². The van der Waals surface area contributed by atoms with E-state index >= 15 is 0 Å². The van der Waals surface area contributed by atoms with E-state index in [4.69, 9.17) is 9.47 Å². The van der Waals surface area contributed by atoms with Crippen LogP contribution in [0, 0.1) is 0 Å². The van der Waals surface area contributed by atoms with Gasteiger partial charge in [-0.25, -0.2) is 4.98 Å². The quantitative estimate of drug-likeness (QED) is 0.901. The summed E-state index contributed by atoms with van der Waals surface area (Å²) < 4.78 is 10.8. The Kier molecular flexibility index (Phi) is 3.33. The third kappa shape index (κ3) is 2.39. The van der Waals surface area contributed by atoms with Crippen LogP contribution in [0.1, 0.15) is 0 Å². The number of hydrogen-bond donors (Lipinski definition) is 1. The average Bonchev–Trinajstić information content (AvgIpc) is 3.02. The lowest BCUT2D eigenvalue weighted by Gasteiger charge is -2.30. The highest BCUT2D eigenvalue weighted by Crippen LogP contribution is 2.32. The molecule has 0 unspecified atom stereocenters. The molecule has 0 saturated carbocycles. The van der Waals surface area contributed by atoms with Crippen LogP contribution < -0.4 is 9.64 Å².